The number of ether oxygens (including phenoxy) is 1. The highest BCUT2D eigenvalue weighted by atomic mass is 32.2. The van der Waals surface area contributed by atoms with Crippen LogP contribution in [0.5, 0.6) is 5.75 Å². The Kier molecular flexibility index (Phi) is 6.62. The number of aromatic nitrogens is 2. The highest BCUT2D eigenvalue weighted by Crippen LogP contribution is 2.23. The molecule has 0 amide bonds. The Bertz CT molecular complexity index is 865. The van der Waals surface area contributed by atoms with Gasteiger partial charge in [-0.2, -0.15) is 0 Å². The van der Waals surface area contributed by atoms with Gasteiger partial charge in [-0.25, -0.2) is 0 Å². The number of carbonyl (C=O) groups is 1. The maximum Gasteiger partial charge on any atom is 0.276 e. The van der Waals surface area contributed by atoms with E-state index in [-0.39, 0.29) is 12.4 Å². The average Bonchev–Trinajstić information content (AvgIpc) is 3.20. The van der Waals surface area contributed by atoms with Crippen molar-refractivity contribution in [1.29, 1.82) is 0 Å². The highest BCUT2D eigenvalue weighted by Gasteiger charge is 2.12. The first-order chi connectivity index (χ1) is 13.2. The maximum absolute atomic E-state index is 11.6. The first-order valence-electron chi connectivity index (χ1n) is 8.61. The number of Topliss-reactive ketones (excluding diaryl/α,β-unsaturated/α-hetero) is 1. The van der Waals surface area contributed by atoms with Crippen LogP contribution in [0.25, 0.3) is 11.5 Å². The molecule has 0 radical (unpaired) electrons. The molecule has 0 aliphatic rings. The minimum atomic E-state index is -0.695. The molecule has 0 aliphatic carbocycles. The van der Waals surface area contributed by atoms with Gasteiger partial charge in [0.2, 0.25) is 5.89 Å². The summed E-state index contributed by atoms with van der Waals surface area (Å²) in [7, 11) is 0. The second kappa shape index (κ2) is 9.34. The molecule has 0 fully saturated rings. The van der Waals surface area contributed by atoms with Crippen LogP contribution in [0.2, 0.25) is 0 Å². The number of aliphatic hydroxyl groups excluding tert-OH is 1. The summed E-state index contributed by atoms with van der Waals surface area (Å²) in [5.41, 5.74) is 1.51. The molecule has 0 aliphatic heterocycles. The van der Waals surface area contributed by atoms with Gasteiger partial charge in [-0.15, -0.1) is 10.2 Å². The van der Waals surface area contributed by atoms with Crippen molar-refractivity contribution in [2.45, 2.75) is 24.7 Å². The summed E-state index contributed by atoms with van der Waals surface area (Å²) in [5, 5.41) is 18.5. The predicted molar refractivity (Wildman–Crippen MR) is 103 cm³/mol. The molecule has 0 bridgehead atoms. The molecule has 0 spiro atoms. The number of nitrogens with zero attached hydrogens (tertiary/aromatic N) is 2. The largest absolute Gasteiger partial charge is 0.491 e. The topological polar surface area (TPSA) is 85.5 Å². The van der Waals surface area contributed by atoms with Crippen LogP contribution in [0.15, 0.2) is 64.2 Å². The molecule has 1 N–H and O–H groups in total. The van der Waals surface area contributed by atoms with E-state index in [0.29, 0.717) is 34.6 Å². The van der Waals surface area contributed by atoms with Crippen molar-refractivity contribution in [1.82, 2.24) is 10.2 Å². The van der Waals surface area contributed by atoms with Crippen LogP contribution in [0.4, 0.5) is 0 Å². The second-order valence-corrected chi connectivity index (χ2v) is 6.79. The molecule has 1 atom stereocenters. The van der Waals surface area contributed by atoms with Gasteiger partial charge in [0.15, 0.2) is 5.78 Å². The van der Waals surface area contributed by atoms with E-state index in [1.165, 1.54) is 11.8 Å². The zero-order valence-corrected chi connectivity index (χ0v) is 15.7. The predicted octanol–water partition coefficient (Wildman–Crippen LogP) is 3.86. The van der Waals surface area contributed by atoms with Crippen LogP contribution in [0.1, 0.15) is 23.7 Å². The molecule has 3 rings (SSSR count). The zero-order valence-electron chi connectivity index (χ0n) is 14.9. The molecule has 6 nitrogen and oxygen atoms in total. The van der Waals surface area contributed by atoms with Crippen molar-refractivity contribution in [2.75, 3.05) is 12.4 Å². The van der Waals surface area contributed by atoms with Crippen LogP contribution in [-0.4, -0.2) is 39.6 Å². The first-order valence-corrected chi connectivity index (χ1v) is 9.60. The third kappa shape index (κ3) is 5.42. The Morgan fingerprint density at radius 1 is 1.15 bits per heavy atom. The number of aliphatic hydroxyl groups is 1. The SMILES string of the molecule is CCC(=O)c1ccc(OCC(O)CSc2nnc(-c3ccccc3)o2)cc1. The third-order valence-corrected chi connectivity index (χ3v) is 4.73. The molecule has 1 heterocycles. The summed E-state index contributed by atoms with van der Waals surface area (Å²) in [4.78, 5) is 11.6. The van der Waals surface area contributed by atoms with E-state index in [2.05, 4.69) is 10.2 Å². The summed E-state index contributed by atoms with van der Waals surface area (Å²) in [5.74, 6) is 1.51. The lowest BCUT2D eigenvalue weighted by atomic mass is 10.1. The van der Waals surface area contributed by atoms with Gasteiger partial charge in [-0.05, 0) is 36.4 Å². The van der Waals surface area contributed by atoms with Gasteiger partial charge in [0, 0.05) is 23.3 Å². The second-order valence-electron chi connectivity index (χ2n) is 5.82. The van der Waals surface area contributed by atoms with E-state index in [4.69, 9.17) is 9.15 Å². The highest BCUT2D eigenvalue weighted by molar-refractivity contribution is 7.99. The fraction of sp³-hybridized carbons (Fsp3) is 0.250. The summed E-state index contributed by atoms with van der Waals surface area (Å²) < 4.78 is 11.1. The monoisotopic (exact) mass is 384 g/mol. The number of hydrogen-bond donors (Lipinski definition) is 1. The Morgan fingerprint density at radius 3 is 2.59 bits per heavy atom. The molecule has 27 heavy (non-hydrogen) atoms. The number of thioether (sulfide) groups is 1. The molecule has 7 heteroatoms. The Balaban J connectivity index is 1.45. The fourth-order valence-electron chi connectivity index (χ4n) is 2.31. The van der Waals surface area contributed by atoms with E-state index in [1.807, 2.05) is 37.3 Å². The van der Waals surface area contributed by atoms with Crippen molar-refractivity contribution >= 4 is 17.5 Å². The van der Waals surface area contributed by atoms with E-state index in [0.717, 1.165) is 5.56 Å². The molecule has 0 saturated heterocycles. The van der Waals surface area contributed by atoms with Gasteiger partial charge in [-0.3, -0.25) is 4.79 Å². The molecule has 1 aromatic heterocycles. The number of benzene rings is 2. The standard InChI is InChI=1S/C20H20N2O4S/c1-2-18(24)14-8-10-17(11-9-14)25-12-16(23)13-27-20-22-21-19(26-20)15-6-4-3-5-7-15/h3-11,16,23H,2,12-13H2,1H3. The minimum Gasteiger partial charge on any atom is -0.491 e. The average molecular weight is 384 g/mol. The Hall–Kier alpha value is -2.64. The van der Waals surface area contributed by atoms with Gasteiger partial charge < -0.3 is 14.3 Å². The summed E-state index contributed by atoms with van der Waals surface area (Å²) in [6.07, 6.45) is -0.225. The van der Waals surface area contributed by atoms with Crippen molar-refractivity contribution < 1.29 is 19.1 Å². The minimum absolute atomic E-state index is 0.0902. The fourth-order valence-corrected chi connectivity index (χ4v) is 2.98. The van der Waals surface area contributed by atoms with Gasteiger partial charge in [0.25, 0.3) is 5.22 Å². The van der Waals surface area contributed by atoms with E-state index < -0.39 is 6.10 Å². The van der Waals surface area contributed by atoms with Crippen LogP contribution in [-0.2, 0) is 0 Å². The van der Waals surface area contributed by atoms with Crippen LogP contribution in [0.3, 0.4) is 0 Å². The Morgan fingerprint density at radius 2 is 1.89 bits per heavy atom. The first kappa shape index (κ1) is 19.1. The van der Waals surface area contributed by atoms with Crippen LogP contribution in [0, 0.1) is 0 Å². The quantitative estimate of drug-likeness (QED) is 0.443. The van der Waals surface area contributed by atoms with Crippen molar-refractivity contribution in [3.8, 4) is 17.2 Å². The lowest BCUT2D eigenvalue weighted by Crippen LogP contribution is -2.20. The number of rotatable bonds is 9. The van der Waals surface area contributed by atoms with Crippen LogP contribution >= 0.6 is 11.8 Å². The van der Waals surface area contributed by atoms with Crippen LogP contribution < -0.4 is 4.74 Å². The number of hydrogen-bond acceptors (Lipinski definition) is 7. The van der Waals surface area contributed by atoms with Gasteiger partial charge >= 0.3 is 0 Å². The molecule has 2 aromatic carbocycles. The molecule has 3 aromatic rings. The molecular weight excluding hydrogens is 364 g/mol. The molecular formula is C20H20N2O4S. The van der Waals surface area contributed by atoms with E-state index in [1.54, 1.807) is 24.3 Å². The summed E-state index contributed by atoms with van der Waals surface area (Å²) in [6, 6.07) is 16.4. The number of ketones is 1. The van der Waals surface area contributed by atoms with Gasteiger partial charge in [0.1, 0.15) is 12.4 Å². The zero-order chi connectivity index (χ0) is 19.1. The van der Waals surface area contributed by atoms with Gasteiger partial charge in [0.05, 0.1) is 6.10 Å². The smallest absolute Gasteiger partial charge is 0.276 e. The van der Waals surface area contributed by atoms with Gasteiger partial charge in [-0.1, -0.05) is 36.9 Å². The molecule has 0 saturated carbocycles. The van der Waals surface area contributed by atoms with E-state index >= 15 is 0 Å². The normalized spacial score (nSPS) is 11.9. The summed E-state index contributed by atoms with van der Waals surface area (Å²) >= 11 is 1.27. The molecule has 140 valence electrons. The van der Waals surface area contributed by atoms with Crippen molar-refractivity contribution in [3.05, 3.63) is 60.2 Å². The number of carbonyl (C=O) groups excluding carboxylic acids is 1. The molecule has 1 unspecified atom stereocenters. The third-order valence-electron chi connectivity index (χ3n) is 3.77. The Labute approximate surface area is 161 Å². The van der Waals surface area contributed by atoms with E-state index in [9.17, 15) is 9.90 Å². The van der Waals surface area contributed by atoms with Crippen molar-refractivity contribution in [2.24, 2.45) is 0 Å². The lowest BCUT2D eigenvalue weighted by Gasteiger charge is -2.11. The lowest BCUT2D eigenvalue weighted by molar-refractivity contribution is 0.0987. The van der Waals surface area contributed by atoms with Crippen molar-refractivity contribution in [3.63, 3.8) is 0 Å². The summed E-state index contributed by atoms with van der Waals surface area (Å²) in [6.45, 7) is 1.96. The maximum atomic E-state index is 11.6.